The van der Waals surface area contributed by atoms with Crippen LogP contribution >= 0.6 is 27.5 Å². The second-order valence-electron chi connectivity index (χ2n) is 7.13. The Hall–Kier alpha value is -3.51. The average molecular weight is 576 g/mol. The van der Waals surface area contributed by atoms with Crippen molar-refractivity contribution in [2.24, 2.45) is 0 Å². The van der Waals surface area contributed by atoms with Crippen molar-refractivity contribution in [3.05, 3.63) is 96.4 Å². The van der Waals surface area contributed by atoms with E-state index in [1.54, 1.807) is 0 Å². The molecule has 4 rings (SSSR count). The van der Waals surface area contributed by atoms with Crippen LogP contribution in [0, 0.1) is 11.6 Å². The van der Waals surface area contributed by atoms with E-state index in [2.05, 4.69) is 26.2 Å². The number of aromatic amines is 1. The van der Waals surface area contributed by atoms with Gasteiger partial charge in [0.25, 0.3) is 5.91 Å². The summed E-state index contributed by atoms with van der Waals surface area (Å²) in [6.07, 6.45) is -4.93. The first kappa shape index (κ1) is 24.6. The quantitative estimate of drug-likeness (QED) is 0.220. The fraction of sp³-hybridized carbons (Fsp3) is 0.0455. The summed E-state index contributed by atoms with van der Waals surface area (Å²) in [5.74, 6) is -5.14. The van der Waals surface area contributed by atoms with E-state index in [1.165, 1.54) is 0 Å². The fourth-order valence-electron chi connectivity index (χ4n) is 3.26. The van der Waals surface area contributed by atoms with Gasteiger partial charge >= 0.3 is 11.9 Å². The van der Waals surface area contributed by atoms with Crippen molar-refractivity contribution in [1.29, 1.82) is 0 Å². The Balaban J connectivity index is 1.87. The molecule has 4 aromatic rings. The predicted octanol–water partition coefficient (Wildman–Crippen LogP) is 6.32. The minimum absolute atomic E-state index is 0.00832. The molecule has 2 N–H and O–H groups in total. The predicted molar refractivity (Wildman–Crippen MR) is 119 cm³/mol. The zero-order chi connectivity index (χ0) is 25.7. The zero-order valence-corrected chi connectivity index (χ0v) is 19.2. The molecule has 1 heterocycles. The van der Waals surface area contributed by atoms with E-state index in [1.807, 2.05) is 0 Å². The van der Waals surface area contributed by atoms with Crippen LogP contribution in [0.5, 0.6) is 0 Å². The number of aromatic nitrogens is 1. The van der Waals surface area contributed by atoms with E-state index in [0.29, 0.717) is 12.1 Å². The van der Waals surface area contributed by atoms with Crippen molar-refractivity contribution in [1.82, 2.24) is 4.98 Å². The minimum atomic E-state index is -4.93. The molecule has 0 aliphatic carbocycles. The molecule has 0 spiro atoms. The highest BCUT2D eigenvalue weighted by molar-refractivity contribution is 9.10. The molecule has 0 atom stereocenters. The number of anilines is 1. The summed E-state index contributed by atoms with van der Waals surface area (Å²) >= 11 is 9.17. The summed E-state index contributed by atoms with van der Waals surface area (Å²) in [6.45, 7) is 0. The van der Waals surface area contributed by atoms with Gasteiger partial charge in [-0.15, -0.1) is 0 Å². The molecular weight excluding hydrogens is 567 g/mol. The van der Waals surface area contributed by atoms with Gasteiger partial charge in [-0.2, -0.15) is 13.2 Å². The molecule has 0 aliphatic heterocycles. The van der Waals surface area contributed by atoms with Gasteiger partial charge in [0.15, 0.2) is 11.4 Å². The first-order chi connectivity index (χ1) is 16.3. The molecule has 0 saturated heterocycles. The summed E-state index contributed by atoms with van der Waals surface area (Å²) < 4.78 is 71.6. The van der Waals surface area contributed by atoms with Crippen molar-refractivity contribution in [2.45, 2.75) is 6.18 Å². The monoisotopic (exact) mass is 574 g/mol. The van der Waals surface area contributed by atoms with Crippen LogP contribution in [0.25, 0.3) is 11.1 Å². The van der Waals surface area contributed by atoms with E-state index in [-0.39, 0.29) is 43.5 Å². The van der Waals surface area contributed by atoms with Gasteiger partial charge in [0.2, 0.25) is 0 Å². The number of carbonyl (C=O) groups is 2. The number of carbonyl (C=O) groups excluding carboxylic acids is 2. The maximum absolute atomic E-state index is 13.8. The summed E-state index contributed by atoms with van der Waals surface area (Å²) in [5, 5.41) is 2.09. The largest absolute Gasteiger partial charge is 0.417 e. The lowest BCUT2D eigenvalue weighted by atomic mass is 10.00. The smallest absolute Gasteiger partial charge is 0.408 e. The number of ketones is 1. The van der Waals surface area contributed by atoms with Crippen molar-refractivity contribution in [2.75, 3.05) is 5.32 Å². The van der Waals surface area contributed by atoms with E-state index in [4.69, 9.17) is 16.0 Å². The van der Waals surface area contributed by atoms with Gasteiger partial charge in [0.1, 0.15) is 17.2 Å². The molecule has 0 fully saturated rings. The maximum atomic E-state index is 13.8. The van der Waals surface area contributed by atoms with E-state index in [9.17, 15) is 36.3 Å². The maximum Gasteiger partial charge on any atom is 0.417 e. The van der Waals surface area contributed by atoms with Crippen LogP contribution in [-0.2, 0) is 6.18 Å². The molecule has 3 aromatic carbocycles. The number of halogens is 7. The van der Waals surface area contributed by atoms with Gasteiger partial charge in [0, 0.05) is 17.2 Å². The lowest BCUT2D eigenvalue weighted by Crippen LogP contribution is -2.17. The number of fused-ring (bicyclic) bond motifs is 1. The molecule has 1 aromatic heterocycles. The van der Waals surface area contributed by atoms with Gasteiger partial charge < -0.3 is 9.73 Å². The number of hydrogen-bond acceptors (Lipinski definition) is 4. The van der Waals surface area contributed by atoms with Crippen LogP contribution in [0.3, 0.4) is 0 Å². The third-order valence-corrected chi connectivity index (χ3v) is 5.92. The summed E-state index contributed by atoms with van der Waals surface area (Å²) in [4.78, 5) is 40.1. The molecule has 0 bridgehead atoms. The van der Waals surface area contributed by atoms with Crippen molar-refractivity contribution >= 4 is 56.0 Å². The molecular formula is C22H9BrClF5N2O4. The third-order valence-electron chi connectivity index (χ3n) is 4.80. The third kappa shape index (κ3) is 4.84. The molecule has 1 amide bonds. The molecule has 13 heteroatoms. The van der Waals surface area contributed by atoms with Gasteiger partial charge in [-0.05, 0) is 52.3 Å². The van der Waals surface area contributed by atoms with Crippen molar-refractivity contribution in [3.63, 3.8) is 0 Å². The Morgan fingerprint density at radius 2 is 1.74 bits per heavy atom. The van der Waals surface area contributed by atoms with Crippen molar-refractivity contribution < 1.29 is 36.0 Å². The summed E-state index contributed by atoms with van der Waals surface area (Å²) in [6, 6.07) is 5.24. The zero-order valence-electron chi connectivity index (χ0n) is 16.8. The molecule has 0 unspecified atom stereocenters. The van der Waals surface area contributed by atoms with Crippen LogP contribution in [0.4, 0.5) is 27.6 Å². The Morgan fingerprint density at radius 3 is 2.43 bits per heavy atom. The van der Waals surface area contributed by atoms with Crippen LogP contribution in [0.2, 0.25) is 5.02 Å². The lowest BCUT2D eigenvalue weighted by Gasteiger charge is -2.14. The Bertz CT molecular complexity index is 1580. The van der Waals surface area contributed by atoms with E-state index in [0.717, 1.165) is 24.3 Å². The van der Waals surface area contributed by atoms with E-state index >= 15 is 0 Å². The highest BCUT2D eigenvalue weighted by Crippen LogP contribution is 2.36. The highest BCUT2D eigenvalue weighted by atomic mass is 79.9. The normalized spacial score (nSPS) is 11.6. The van der Waals surface area contributed by atoms with Crippen molar-refractivity contribution in [3.8, 4) is 0 Å². The number of hydrogen-bond donors (Lipinski definition) is 2. The van der Waals surface area contributed by atoms with Crippen LogP contribution in [-0.4, -0.2) is 16.7 Å². The van der Waals surface area contributed by atoms with Gasteiger partial charge in [-0.1, -0.05) is 11.6 Å². The minimum Gasteiger partial charge on any atom is -0.408 e. The average Bonchev–Trinajstić information content (AvgIpc) is 3.14. The highest BCUT2D eigenvalue weighted by Gasteiger charge is 2.32. The lowest BCUT2D eigenvalue weighted by molar-refractivity contribution is -0.137. The first-order valence-electron chi connectivity index (χ1n) is 9.39. The van der Waals surface area contributed by atoms with Crippen LogP contribution in [0.15, 0.2) is 56.1 Å². The number of alkyl halides is 3. The standard InChI is InChI=1S/C22H9BrClF5N2O4/c23-17-16(19(32)12-6-10(25)1-2-13(12)24)14(7-15-18(17)31-21(34)35-15)30-20(33)8-3-9(22(27,28)29)5-11(26)4-8/h1-7H,(H,30,33)(H,31,34). The second kappa shape index (κ2) is 8.93. The number of benzene rings is 3. The summed E-state index contributed by atoms with van der Waals surface area (Å²) in [5.41, 5.74) is -3.20. The van der Waals surface area contributed by atoms with Crippen LogP contribution in [0.1, 0.15) is 31.8 Å². The SMILES string of the molecule is O=C(Nc1cc2oc(=O)[nH]c2c(Br)c1C(=O)c1cc(F)ccc1Cl)c1cc(F)cc(C(F)(F)F)c1. The van der Waals surface area contributed by atoms with Gasteiger partial charge in [-0.25, -0.2) is 13.6 Å². The number of oxazole rings is 1. The topological polar surface area (TPSA) is 92.2 Å². The van der Waals surface area contributed by atoms with E-state index < -0.39 is 46.4 Å². The Morgan fingerprint density at radius 1 is 1.03 bits per heavy atom. The molecule has 0 aliphatic rings. The molecule has 35 heavy (non-hydrogen) atoms. The molecule has 0 radical (unpaired) electrons. The Labute approximate surface area is 204 Å². The molecule has 0 saturated carbocycles. The summed E-state index contributed by atoms with van der Waals surface area (Å²) in [7, 11) is 0. The van der Waals surface area contributed by atoms with Crippen LogP contribution < -0.4 is 11.1 Å². The number of amides is 1. The molecule has 180 valence electrons. The van der Waals surface area contributed by atoms with Gasteiger partial charge in [0.05, 0.1) is 26.3 Å². The second-order valence-corrected chi connectivity index (χ2v) is 8.33. The Kier molecular flexibility index (Phi) is 6.28. The number of rotatable bonds is 4. The number of H-pyrrole nitrogens is 1. The van der Waals surface area contributed by atoms with Gasteiger partial charge in [-0.3, -0.25) is 14.6 Å². The molecule has 6 nitrogen and oxygen atoms in total. The fourth-order valence-corrected chi connectivity index (χ4v) is 4.15. The first-order valence-corrected chi connectivity index (χ1v) is 10.6. The number of nitrogens with one attached hydrogen (secondary N) is 2.